The Hall–Kier alpha value is -10.7. The maximum absolute atomic E-state index is 4.05. The number of benzene rings is 14. The zero-order valence-electron chi connectivity index (χ0n) is 45.8. The van der Waals surface area contributed by atoms with Gasteiger partial charge in [0.2, 0.25) is 0 Å². The first-order valence-electron chi connectivity index (χ1n) is 28.8. The van der Waals surface area contributed by atoms with Gasteiger partial charge in [-0.3, -0.25) is 0 Å². The van der Waals surface area contributed by atoms with Gasteiger partial charge in [-0.1, -0.05) is 219 Å². The number of aryl methyl sites for hydroxylation is 1. The summed E-state index contributed by atoms with van der Waals surface area (Å²) >= 11 is 0. The first-order valence-corrected chi connectivity index (χ1v) is 28.8. The van der Waals surface area contributed by atoms with Crippen LogP contribution in [0.3, 0.4) is 0 Å². The summed E-state index contributed by atoms with van der Waals surface area (Å²) in [6.45, 7) is 6.26. The molecule has 388 valence electrons. The highest BCUT2D eigenvalue weighted by molar-refractivity contribution is 6.26. The summed E-state index contributed by atoms with van der Waals surface area (Å²) in [5.41, 5.74) is 19.3. The minimum Gasteiger partial charge on any atom is -0.311 e. The molecule has 14 aromatic carbocycles. The van der Waals surface area contributed by atoms with Gasteiger partial charge in [0.1, 0.15) is 0 Å². The van der Waals surface area contributed by atoms with Crippen LogP contribution in [-0.4, -0.2) is 9.13 Å². The second-order valence-corrected chi connectivity index (χ2v) is 22.4. The van der Waals surface area contributed by atoms with Crippen LogP contribution in [0.4, 0.5) is 17.1 Å². The number of anilines is 3. The van der Waals surface area contributed by atoms with Crippen LogP contribution in [0.1, 0.15) is 33.7 Å². The molecule has 0 fully saturated rings. The van der Waals surface area contributed by atoms with Crippen LogP contribution in [0.25, 0.3) is 126 Å². The van der Waals surface area contributed by atoms with Crippen LogP contribution < -0.4 is 4.90 Å². The predicted octanol–water partition coefficient (Wildman–Crippen LogP) is 21.8. The zero-order chi connectivity index (χ0) is 54.9. The average Bonchev–Trinajstić information content (AvgIpc) is 1.94. The van der Waals surface area contributed by atoms with Crippen molar-refractivity contribution in [3.05, 3.63) is 313 Å². The third-order valence-electron chi connectivity index (χ3n) is 18.0. The summed E-state index contributed by atoms with van der Waals surface area (Å²) in [4.78, 5) is 2.42. The van der Waals surface area contributed by atoms with Crippen molar-refractivity contribution < 1.29 is 0 Å². The Morgan fingerprint density at radius 1 is 0.386 bits per heavy atom. The monoisotopic (exact) mass is 1060 g/mol. The normalized spacial score (nSPS) is 13.2. The molecule has 0 N–H and O–H groups in total. The molecule has 1 aliphatic carbocycles. The molecule has 83 heavy (non-hydrogen) atoms. The van der Waals surface area contributed by atoms with Gasteiger partial charge < -0.3 is 14.0 Å². The van der Waals surface area contributed by atoms with Crippen molar-refractivity contribution >= 4 is 121 Å². The number of allylic oxidation sites excluding steroid dienone is 2. The summed E-state index contributed by atoms with van der Waals surface area (Å²) in [7, 11) is 0. The van der Waals surface area contributed by atoms with E-state index in [0.29, 0.717) is 0 Å². The largest absolute Gasteiger partial charge is 0.311 e. The molecule has 16 aromatic rings. The van der Waals surface area contributed by atoms with E-state index in [-0.39, 0.29) is 5.92 Å². The van der Waals surface area contributed by atoms with Gasteiger partial charge in [-0.15, -0.1) is 0 Å². The molecule has 1 unspecified atom stereocenters. The molecule has 0 saturated carbocycles. The fraction of sp³-hybridized carbons (Fsp3) is 0.0250. The Bertz CT molecular complexity index is 5400. The average molecular weight is 1060 g/mol. The Morgan fingerprint density at radius 3 is 1.43 bits per heavy atom. The first kappa shape index (κ1) is 47.1. The summed E-state index contributed by atoms with van der Waals surface area (Å²) in [6, 6.07) is 99.6. The standard InChI is InChI=1S/C80H53N3/c1-3-4-20-62-50(2)26-44-70-76-64-22-11-6-17-53(64)32-48-72(76)82(79(62)70)60-40-36-58(37-41-60)81(57-34-27-56(28-35-57)74-68-45-29-51-15-5-10-21-63(51)75(68)69-46-30-52-16-8-13-24-66(52)78(69)74)59-38-42-61(43-39-59)83-73-49-33-54-18-7-12-23-65(54)77(73)71-47-31-55-19-9-14-25-67(55)80(71)83/h3-49,74H,1H2,2H3/b20-4-. The van der Waals surface area contributed by atoms with Crippen molar-refractivity contribution in [2.45, 2.75) is 12.8 Å². The summed E-state index contributed by atoms with van der Waals surface area (Å²) in [5.74, 6) is 0.0642. The van der Waals surface area contributed by atoms with E-state index in [1.807, 2.05) is 6.08 Å². The highest BCUT2D eigenvalue weighted by Crippen LogP contribution is 2.54. The smallest absolute Gasteiger partial charge is 0.0619 e. The number of aromatic nitrogens is 2. The van der Waals surface area contributed by atoms with Gasteiger partial charge in [0.25, 0.3) is 0 Å². The molecule has 3 nitrogen and oxygen atoms in total. The Labute approximate surface area is 480 Å². The molecule has 1 aliphatic rings. The lowest BCUT2D eigenvalue weighted by molar-refractivity contribution is 1.03. The van der Waals surface area contributed by atoms with E-state index in [4.69, 9.17) is 0 Å². The number of rotatable bonds is 8. The molecule has 17 rings (SSSR count). The molecule has 2 aromatic heterocycles. The molecule has 0 radical (unpaired) electrons. The molecular weight excluding hydrogens is 1000 g/mol. The van der Waals surface area contributed by atoms with Gasteiger partial charge in [-0.25, -0.2) is 0 Å². The summed E-state index contributed by atoms with van der Waals surface area (Å²) < 4.78 is 4.95. The lowest BCUT2D eigenvalue weighted by Crippen LogP contribution is -2.11. The van der Waals surface area contributed by atoms with Gasteiger partial charge in [-0.2, -0.15) is 0 Å². The molecule has 0 amide bonds. The minimum atomic E-state index is 0.0642. The fourth-order valence-corrected chi connectivity index (χ4v) is 14.4. The van der Waals surface area contributed by atoms with E-state index in [1.165, 1.54) is 136 Å². The van der Waals surface area contributed by atoms with Crippen LogP contribution >= 0.6 is 0 Å². The van der Waals surface area contributed by atoms with E-state index < -0.39 is 0 Å². The van der Waals surface area contributed by atoms with Crippen LogP contribution in [0.5, 0.6) is 0 Å². The molecule has 0 aliphatic heterocycles. The van der Waals surface area contributed by atoms with E-state index in [2.05, 4.69) is 307 Å². The van der Waals surface area contributed by atoms with Crippen LogP contribution in [0, 0.1) is 6.92 Å². The summed E-state index contributed by atoms with van der Waals surface area (Å²) in [5, 5.41) is 17.6. The Kier molecular flexibility index (Phi) is 10.4. The minimum absolute atomic E-state index is 0.0642. The molecular formula is C80H53N3. The van der Waals surface area contributed by atoms with Crippen molar-refractivity contribution in [1.29, 1.82) is 0 Å². The number of hydrogen-bond acceptors (Lipinski definition) is 1. The van der Waals surface area contributed by atoms with E-state index in [1.54, 1.807) is 0 Å². The predicted molar refractivity (Wildman–Crippen MR) is 354 cm³/mol. The number of hydrogen-bond donors (Lipinski definition) is 0. The van der Waals surface area contributed by atoms with Gasteiger partial charge in [0, 0.05) is 66.8 Å². The van der Waals surface area contributed by atoms with Crippen LogP contribution in [-0.2, 0) is 0 Å². The molecule has 2 heterocycles. The maximum Gasteiger partial charge on any atom is 0.0619 e. The van der Waals surface area contributed by atoms with Crippen LogP contribution in [0.2, 0.25) is 0 Å². The maximum atomic E-state index is 4.05. The highest BCUT2D eigenvalue weighted by atomic mass is 15.1. The second kappa shape index (κ2) is 18.4. The first-order chi connectivity index (χ1) is 41.1. The second-order valence-electron chi connectivity index (χ2n) is 22.4. The Balaban J connectivity index is 0.850. The van der Waals surface area contributed by atoms with Crippen molar-refractivity contribution in [3.8, 4) is 22.5 Å². The van der Waals surface area contributed by atoms with Gasteiger partial charge in [0.15, 0.2) is 0 Å². The molecule has 0 spiro atoms. The van der Waals surface area contributed by atoms with Gasteiger partial charge in [-0.05, 0) is 162 Å². The number of nitrogens with zero attached hydrogens (tertiary/aromatic N) is 3. The fourth-order valence-electron chi connectivity index (χ4n) is 14.4. The molecule has 0 saturated heterocycles. The van der Waals surface area contributed by atoms with E-state index in [0.717, 1.165) is 28.4 Å². The molecule has 3 heteroatoms. The highest BCUT2D eigenvalue weighted by Gasteiger charge is 2.33. The zero-order valence-corrected chi connectivity index (χ0v) is 45.8. The third-order valence-corrected chi connectivity index (χ3v) is 18.0. The number of fused-ring (bicyclic) bond motifs is 19. The van der Waals surface area contributed by atoms with Crippen molar-refractivity contribution in [2.24, 2.45) is 0 Å². The van der Waals surface area contributed by atoms with Crippen molar-refractivity contribution in [2.75, 3.05) is 4.90 Å². The summed E-state index contributed by atoms with van der Waals surface area (Å²) in [6.07, 6.45) is 6.13. The SMILES string of the molecule is C=C/C=C\c1c(C)ccc2c3c4ccccc4ccc3n(-c3ccc(N(c4ccc(C5c6ccc7ccccc7c6-c6ccc7ccccc7c65)cc4)c4ccc(-n5c6ccc7ccccc7c6c6ccc7ccccc7c65)cc4)cc3)c12. The van der Waals surface area contributed by atoms with Crippen LogP contribution in [0.15, 0.2) is 286 Å². The van der Waals surface area contributed by atoms with Crippen molar-refractivity contribution in [3.63, 3.8) is 0 Å². The van der Waals surface area contributed by atoms with E-state index in [9.17, 15) is 0 Å². The molecule has 1 atom stereocenters. The van der Waals surface area contributed by atoms with Gasteiger partial charge in [0.05, 0.1) is 22.1 Å². The van der Waals surface area contributed by atoms with Gasteiger partial charge >= 0.3 is 0 Å². The van der Waals surface area contributed by atoms with Crippen molar-refractivity contribution in [1.82, 2.24) is 9.13 Å². The topological polar surface area (TPSA) is 13.1 Å². The Morgan fingerprint density at radius 2 is 0.831 bits per heavy atom. The van der Waals surface area contributed by atoms with E-state index >= 15 is 0 Å². The molecule has 0 bridgehead atoms. The third kappa shape index (κ3) is 7.05. The lowest BCUT2D eigenvalue weighted by Gasteiger charge is -2.27. The quantitative estimate of drug-likeness (QED) is 0.138. The lowest BCUT2D eigenvalue weighted by atomic mass is 9.86.